The summed E-state index contributed by atoms with van der Waals surface area (Å²) in [7, 11) is 0. The molecule has 0 spiro atoms. The van der Waals surface area contributed by atoms with Gasteiger partial charge in [0.1, 0.15) is 0 Å². The molecular weight excluding hydrogens is 264 g/mol. The van der Waals surface area contributed by atoms with Gasteiger partial charge >= 0.3 is 0 Å². The molecule has 2 heterocycles. The van der Waals surface area contributed by atoms with E-state index in [9.17, 15) is 0 Å². The highest BCUT2D eigenvalue weighted by Crippen LogP contribution is 2.20. The number of hydrogen-bond acceptors (Lipinski definition) is 2. The number of aromatic nitrogens is 1. The van der Waals surface area contributed by atoms with Crippen LogP contribution in [0.5, 0.6) is 0 Å². The molecule has 0 amide bonds. The summed E-state index contributed by atoms with van der Waals surface area (Å²) in [4.78, 5) is 1.40. The molecule has 2 aromatic heterocycles. The molecule has 1 N–H and O–H groups in total. The van der Waals surface area contributed by atoms with Crippen LogP contribution in [-0.2, 0) is 13.1 Å². The number of benzene rings is 1. The number of nitrogens with one attached hydrogen (secondary N) is 1. The van der Waals surface area contributed by atoms with Gasteiger partial charge in [-0.1, -0.05) is 32.0 Å². The lowest BCUT2D eigenvalue weighted by Crippen LogP contribution is -2.21. The first-order chi connectivity index (χ1) is 9.72. The lowest BCUT2D eigenvalue weighted by atomic mass is 10.1. The van der Waals surface area contributed by atoms with Crippen LogP contribution in [0.25, 0.3) is 10.9 Å². The van der Waals surface area contributed by atoms with Crippen molar-refractivity contribution in [3.63, 3.8) is 0 Å². The van der Waals surface area contributed by atoms with E-state index in [1.807, 2.05) is 11.3 Å². The molecule has 2 nitrogen and oxygen atoms in total. The SMILES string of the molecule is CC(C)NCc1ccc2ccn(Cc3cccs3)c2c1. The Hall–Kier alpha value is -1.58. The van der Waals surface area contributed by atoms with Crippen LogP contribution >= 0.6 is 11.3 Å². The summed E-state index contributed by atoms with van der Waals surface area (Å²) < 4.78 is 2.33. The van der Waals surface area contributed by atoms with Gasteiger partial charge in [0.15, 0.2) is 0 Å². The van der Waals surface area contributed by atoms with Crippen molar-refractivity contribution < 1.29 is 0 Å². The first-order valence-corrected chi connectivity index (χ1v) is 7.94. The largest absolute Gasteiger partial charge is 0.342 e. The Bertz CT molecular complexity index is 680. The van der Waals surface area contributed by atoms with E-state index in [4.69, 9.17) is 0 Å². The van der Waals surface area contributed by atoms with Crippen molar-refractivity contribution in [3.05, 3.63) is 58.4 Å². The van der Waals surface area contributed by atoms with Gasteiger partial charge in [-0.2, -0.15) is 0 Å². The van der Waals surface area contributed by atoms with Gasteiger partial charge < -0.3 is 9.88 Å². The van der Waals surface area contributed by atoms with E-state index in [1.54, 1.807) is 0 Å². The molecule has 1 aromatic carbocycles. The Morgan fingerprint density at radius 1 is 1.20 bits per heavy atom. The molecule has 20 heavy (non-hydrogen) atoms. The van der Waals surface area contributed by atoms with Gasteiger partial charge in [0.25, 0.3) is 0 Å². The molecular formula is C17H20N2S. The van der Waals surface area contributed by atoms with Crippen molar-refractivity contribution in [2.45, 2.75) is 33.0 Å². The van der Waals surface area contributed by atoms with Gasteiger partial charge in [-0.15, -0.1) is 11.3 Å². The van der Waals surface area contributed by atoms with Crippen molar-refractivity contribution in [3.8, 4) is 0 Å². The van der Waals surface area contributed by atoms with Gasteiger partial charge in [0.2, 0.25) is 0 Å². The van der Waals surface area contributed by atoms with Gasteiger partial charge in [0, 0.05) is 29.2 Å². The zero-order valence-electron chi connectivity index (χ0n) is 12.0. The Kier molecular flexibility index (Phi) is 3.90. The minimum absolute atomic E-state index is 0.517. The van der Waals surface area contributed by atoms with Crippen molar-refractivity contribution in [2.75, 3.05) is 0 Å². The van der Waals surface area contributed by atoms with E-state index in [-0.39, 0.29) is 0 Å². The molecule has 0 aliphatic carbocycles. The van der Waals surface area contributed by atoms with Crippen LogP contribution in [0.2, 0.25) is 0 Å². The van der Waals surface area contributed by atoms with Crippen molar-refractivity contribution >= 4 is 22.2 Å². The van der Waals surface area contributed by atoms with Crippen molar-refractivity contribution in [1.29, 1.82) is 0 Å². The summed E-state index contributed by atoms with van der Waals surface area (Å²) in [6.07, 6.45) is 2.18. The smallest absolute Gasteiger partial charge is 0.0569 e. The first-order valence-electron chi connectivity index (χ1n) is 7.06. The monoisotopic (exact) mass is 284 g/mol. The molecule has 0 atom stereocenters. The number of fused-ring (bicyclic) bond motifs is 1. The molecule has 0 radical (unpaired) electrons. The molecule has 0 aliphatic heterocycles. The Balaban J connectivity index is 1.87. The van der Waals surface area contributed by atoms with Crippen LogP contribution in [-0.4, -0.2) is 10.6 Å². The average Bonchev–Trinajstić information content (AvgIpc) is 3.07. The Labute approximate surface area is 124 Å². The molecule has 0 saturated carbocycles. The van der Waals surface area contributed by atoms with Crippen LogP contribution < -0.4 is 5.32 Å². The van der Waals surface area contributed by atoms with E-state index >= 15 is 0 Å². The van der Waals surface area contributed by atoms with Gasteiger partial charge in [0.05, 0.1) is 6.54 Å². The lowest BCUT2D eigenvalue weighted by Gasteiger charge is -2.09. The predicted molar refractivity (Wildman–Crippen MR) is 87.3 cm³/mol. The quantitative estimate of drug-likeness (QED) is 0.741. The van der Waals surface area contributed by atoms with E-state index in [2.05, 4.69) is 71.7 Å². The van der Waals surface area contributed by atoms with E-state index in [1.165, 1.54) is 21.3 Å². The topological polar surface area (TPSA) is 17.0 Å². The maximum absolute atomic E-state index is 3.48. The van der Waals surface area contributed by atoms with E-state index < -0.39 is 0 Å². The third-order valence-corrected chi connectivity index (χ3v) is 4.32. The summed E-state index contributed by atoms with van der Waals surface area (Å²) in [5.74, 6) is 0. The molecule has 0 bridgehead atoms. The van der Waals surface area contributed by atoms with E-state index in [0.717, 1.165) is 13.1 Å². The van der Waals surface area contributed by atoms with Crippen LogP contribution in [0, 0.1) is 0 Å². The highest BCUT2D eigenvalue weighted by molar-refractivity contribution is 7.09. The fourth-order valence-electron chi connectivity index (χ4n) is 2.37. The summed E-state index contributed by atoms with van der Waals surface area (Å²) in [5.41, 5.74) is 2.67. The Morgan fingerprint density at radius 2 is 2.10 bits per heavy atom. The standard InChI is InChI=1S/C17H20N2S/c1-13(2)18-11-14-5-6-15-7-8-19(17(15)10-14)12-16-4-3-9-20-16/h3-10,13,18H,11-12H2,1-2H3. The highest BCUT2D eigenvalue weighted by atomic mass is 32.1. The molecule has 0 unspecified atom stereocenters. The number of hydrogen-bond donors (Lipinski definition) is 1. The van der Waals surface area contributed by atoms with Crippen LogP contribution in [0.4, 0.5) is 0 Å². The van der Waals surface area contributed by atoms with Crippen LogP contribution in [0.3, 0.4) is 0 Å². The number of nitrogens with zero attached hydrogens (tertiary/aromatic N) is 1. The summed E-state index contributed by atoms with van der Waals surface area (Å²) in [6.45, 7) is 6.25. The van der Waals surface area contributed by atoms with Gasteiger partial charge in [-0.3, -0.25) is 0 Å². The van der Waals surface area contributed by atoms with Crippen LogP contribution in [0.1, 0.15) is 24.3 Å². The highest BCUT2D eigenvalue weighted by Gasteiger charge is 2.04. The van der Waals surface area contributed by atoms with Crippen LogP contribution in [0.15, 0.2) is 48.0 Å². The summed E-state index contributed by atoms with van der Waals surface area (Å²) in [5, 5.41) is 6.93. The molecule has 3 heteroatoms. The maximum Gasteiger partial charge on any atom is 0.0569 e. The molecule has 3 rings (SSSR count). The van der Waals surface area contributed by atoms with Gasteiger partial charge in [-0.25, -0.2) is 0 Å². The zero-order valence-corrected chi connectivity index (χ0v) is 12.8. The fourth-order valence-corrected chi connectivity index (χ4v) is 3.07. The second-order valence-electron chi connectivity index (χ2n) is 5.45. The molecule has 104 valence electrons. The molecule has 0 saturated heterocycles. The van der Waals surface area contributed by atoms with E-state index in [0.29, 0.717) is 6.04 Å². The minimum Gasteiger partial charge on any atom is -0.342 e. The number of rotatable bonds is 5. The van der Waals surface area contributed by atoms with Crippen molar-refractivity contribution in [2.24, 2.45) is 0 Å². The third kappa shape index (κ3) is 2.94. The maximum atomic E-state index is 3.48. The van der Waals surface area contributed by atoms with Gasteiger partial charge in [-0.05, 0) is 34.5 Å². The molecule has 0 fully saturated rings. The predicted octanol–water partition coefficient (Wildman–Crippen LogP) is 4.25. The average molecular weight is 284 g/mol. The zero-order chi connectivity index (χ0) is 13.9. The lowest BCUT2D eigenvalue weighted by molar-refractivity contribution is 0.589. The summed E-state index contributed by atoms with van der Waals surface area (Å²) >= 11 is 1.81. The number of thiophene rings is 1. The first kappa shape index (κ1) is 13.4. The third-order valence-electron chi connectivity index (χ3n) is 3.46. The minimum atomic E-state index is 0.517. The second kappa shape index (κ2) is 5.81. The Morgan fingerprint density at radius 3 is 2.85 bits per heavy atom. The summed E-state index contributed by atoms with van der Waals surface area (Å²) in [6, 6.07) is 13.8. The van der Waals surface area contributed by atoms with Crippen molar-refractivity contribution in [1.82, 2.24) is 9.88 Å². The fraction of sp³-hybridized carbons (Fsp3) is 0.294. The second-order valence-corrected chi connectivity index (χ2v) is 6.48. The molecule has 0 aliphatic rings. The molecule has 3 aromatic rings. The normalized spacial score (nSPS) is 11.6.